The summed E-state index contributed by atoms with van der Waals surface area (Å²) in [7, 11) is 0. The SMILES string of the molecule is CC[C@@H](C)Oc1ccccc1/C=N\NC(=O)c1ccccc1. The van der Waals surface area contributed by atoms with Gasteiger partial charge in [0.05, 0.1) is 12.3 Å². The molecule has 114 valence electrons. The van der Waals surface area contributed by atoms with Crippen LogP contribution in [-0.4, -0.2) is 18.2 Å². The van der Waals surface area contributed by atoms with Crippen LogP contribution in [0, 0.1) is 0 Å². The quantitative estimate of drug-likeness (QED) is 0.653. The summed E-state index contributed by atoms with van der Waals surface area (Å²) in [6.45, 7) is 4.09. The maximum absolute atomic E-state index is 11.9. The third kappa shape index (κ3) is 4.45. The molecule has 0 radical (unpaired) electrons. The minimum Gasteiger partial charge on any atom is -0.490 e. The monoisotopic (exact) mass is 296 g/mol. The third-order valence-corrected chi connectivity index (χ3v) is 3.23. The molecule has 4 heteroatoms. The summed E-state index contributed by atoms with van der Waals surface area (Å²) in [6, 6.07) is 16.6. The molecule has 1 N–H and O–H groups in total. The Morgan fingerprint density at radius 3 is 2.59 bits per heavy atom. The average Bonchev–Trinajstić information content (AvgIpc) is 2.57. The van der Waals surface area contributed by atoms with Crippen molar-refractivity contribution in [2.24, 2.45) is 5.10 Å². The van der Waals surface area contributed by atoms with Crippen molar-refractivity contribution in [2.75, 3.05) is 0 Å². The lowest BCUT2D eigenvalue weighted by atomic mass is 10.2. The van der Waals surface area contributed by atoms with Gasteiger partial charge in [-0.25, -0.2) is 5.43 Å². The fourth-order valence-electron chi connectivity index (χ4n) is 1.81. The number of nitrogens with zero attached hydrogens (tertiary/aromatic N) is 1. The molecule has 4 nitrogen and oxygen atoms in total. The zero-order valence-electron chi connectivity index (χ0n) is 12.8. The minimum absolute atomic E-state index is 0.133. The summed E-state index contributed by atoms with van der Waals surface area (Å²) in [5, 5.41) is 4.01. The summed E-state index contributed by atoms with van der Waals surface area (Å²) < 4.78 is 5.83. The van der Waals surface area contributed by atoms with Gasteiger partial charge in [-0.1, -0.05) is 37.3 Å². The van der Waals surface area contributed by atoms with E-state index in [0.29, 0.717) is 5.56 Å². The van der Waals surface area contributed by atoms with E-state index >= 15 is 0 Å². The second kappa shape index (κ2) is 7.98. The Morgan fingerprint density at radius 1 is 1.18 bits per heavy atom. The van der Waals surface area contributed by atoms with Crippen LogP contribution in [0.1, 0.15) is 36.2 Å². The fraction of sp³-hybridized carbons (Fsp3) is 0.222. The van der Waals surface area contributed by atoms with Crippen molar-refractivity contribution in [2.45, 2.75) is 26.4 Å². The van der Waals surface area contributed by atoms with E-state index in [2.05, 4.69) is 17.5 Å². The molecule has 0 unspecified atom stereocenters. The average molecular weight is 296 g/mol. The summed E-state index contributed by atoms with van der Waals surface area (Å²) >= 11 is 0. The molecule has 2 rings (SSSR count). The number of amides is 1. The van der Waals surface area contributed by atoms with Gasteiger partial charge in [0, 0.05) is 11.1 Å². The first-order valence-electron chi connectivity index (χ1n) is 7.35. The predicted octanol–water partition coefficient (Wildman–Crippen LogP) is 3.63. The molecule has 1 amide bonds. The highest BCUT2D eigenvalue weighted by Gasteiger charge is 2.05. The van der Waals surface area contributed by atoms with E-state index in [-0.39, 0.29) is 12.0 Å². The van der Waals surface area contributed by atoms with Gasteiger partial charge in [-0.15, -0.1) is 0 Å². The van der Waals surface area contributed by atoms with Gasteiger partial charge in [-0.2, -0.15) is 5.10 Å². The van der Waals surface area contributed by atoms with Crippen LogP contribution in [-0.2, 0) is 0 Å². The molecule has 0 aliphatic rings. The molecule has 0 heterocycles. The highest BCUT2D eigenvalue weighted by Crippen LogP contribution is 2.18. The van der Waals surface area contributed by atoms with Crippen LogP contribution >= 0.6 is 0 Å². The molecule has 0 aliphatic heterocycles. The van der Waals surface area contributed by atoms with E-state index in [0.717, 1.165) is 17.7 Å². The standard InChI is InChI=1S/C18H20N2O2/c1-3-14(2)22-17-12-8-7-11-16(17)13-19-20-18(21)15-9-5-4-6-10-15/h4-14H,3H2,1-2H3,(H,20,21)/b19-13-/t14-/m1/s1. The Hall–Kier alpha value is -2.62. The van der Waals surface area contributed by atoms with Crippen LogP contribution in [0.15, 0.2) is 59.7 Å². The van der Waals surface area contributed by atoms with E-state index in [9.17, 15) is 4.79 Å². The van der Waals surface area contributed by atoms with Crippen molar-refractivity contribution < 1.29 is 9.53 Å². The molecule has 0 aliphatic carbocycles. The van der Waals surface area contributed by atoms with Crippen molar-refractivity contribution in [1.29, 1.82) is 0 Å². The fourth-order valence-corrected chi connectivity index (χ4v) is 1.81. The van der Waals surface area contributed by atoms with Gasteiger partial charge >= 0.3 is 0 Å². The van der Waals surface area contributed by atoms with Crippen molar-refractivity contribution >= 4 is 12.1 Å². The minimum atomic E-state index is -0.239. The van der Waals surface area contributed by atoms with Crippen LogP contribution in [0.4, 0.5) is 0 Å². The van der Waals surface area contributed by atoms with Crippen LogP contribution < -0.4 is 10.2 Å². The number of hydrogen-bond donors (Lipinski definition) is 1. The maximum atomic E-state index is 11.9. The largest absolute Gasteiger partial charge is 0.490 e. The van der Waals surface area contributed by atoms with Gasteiger partial charge in [-0.05, 0) is 37.6 Å². The molecule has 0 saturated heterocycles. The first-order chi connectivity index (χ1) is 10.7. The summed E-state index contributed by atoms with van der Waals surface area (Å²) in [5.74, 6) is 0.520. The summed E-state index contributed by atoms with van der Waals surface area (Å²) in [4.78, 5) is 11.9. The number of ether oxygens (including phenoxy) is 1. The van der Waals surface area contributed by atoms with Gasteiger partial charge < -0.3 is 4.74 Å². The molecule has 1 atom stereocenters. The van der Waals surface area contributed by atoms with Gasteiger partial charge in [0.2, 0.25) is 0 Å². The van der Waals surface area contributed by atoms with Crippen LogP contribution in [0.3, 0.4) is 0 Å². The van der Waals surface area contributed by atoms with Crippen molar-refractivity contribution in [3.8, 4) is 5.75 Å². The number of nitrogens with one attached hydrogen (secondary N) is 1. The maximum Gasteiger partial charge on any atom is 0.271 e. The van der Waals surface area contributed by atoms with Crippen molar-refractivity contribution in [3.63, 3.8) is 0 Å². The van der Waals surface area contributed by atoms with Crippen molar-refractivity contribution in [3.05, 3.63) is 65.7 Å². The van der Waals surface area contributed by atoms with Gasteiger partial charge in [-0.3, -0.25) is 4.79 Å². The number of rotatable bonds is 6. The Balaban J connectivity index is 2.03. The Labute approximate surface area is 130 Å². The molecule has 0 saturated carbocycles. The Kier molecular flexibility index (Phi) is 5.72. The molecule has 0 fully saturated rings. The number of para-hydroxylation sites is 1. The predicted molar refractivity (Wildman–Crippen MR) is 88.3 cm³/mol. The van der Waals surface area contributed by atoms with Gasteiger partial charge in [0.25, 0.3) is 5.91 Å². The van der Waals surface area contributed by atoms with E-state index in [1.807, 2.05) is 49.4 Å². The molecule has 0 aromatic heterocycles. The summed E-state index contributed by atoms with van der Waals surface area (Å²) in [5.41, 5.74) is 3.92. The smallest absolute Gasteiger partial charge is 0.271 e. The lowest BCUT2D eigenvalue weighted by Crippen LogP contribution is -2.17. The van der Waals surface area contributed by atoms with E-state index < -0.39 is 0 Å². The second-order valence-electron chi connectivity index (χ2n) is 4.94. The normalized spacial score (nSPS) is 12.1. The third-order valence-electron chi connectivity index (χ3n) is 3.23. The van der Waals surface area contributed by atoms with Crippen LogP contribution in [0.25, 0.3) is 0 Å². The highest BCUT2D eigenvalue weighted by atomic mass is 16.5. The zero-order valence-corrected chi connectivity index (χ0v) is 12.8. The molecule has 0 bridgehead atoms. The molecule has 0 spiro atoms. The molecule has 22 heavy (non-hydrogen) atoms. The number of carbonyl (C=O) groups excluding carboxylic acids is 1. The second-order valence-corrected chi connectivity index (χ2v) is 4.94. The van der Waals surface area contributed by atoms with E-state index in [4.69, 9.17) is 4.74 Å². The number of carbonyl (C=O) groups is 1. The zero-order chi connectivity index (χ0) is 15.8. The number of hydrogen-bond acceptors (Lipinski definition) is 3. The van der Waals surface area contributed by atoms with E-state index in [1.54, 1.807) is 18.3 Å². The Morgan fingerprint density at radius 2 is 1.86 bits per heavy atom. The number of hydrazone groups is 1. The van der Waals surface area contributed by atoms with Crippen molar-refractivity contribution in [1.82, 2.24) is 5.43 Å². The Bertz CT molecular complexity index is 639. The molecule has 2 aromatic carbocycles. The first-order valence-corrected chi connectivity index (χ1v) is 7.35. The van der Waals surface area contributed by atoms with Gasteiger partial charge in [0.15, 0.2) is 0 Å². The number of benzene rings is 2. The van der Waals surface area contributed by atoms with Crippen LogP contribution in [0.5, 0.6) is 5.75 Å². The molecular formula is C18H20N2O2. The first kappa shape index (κ1) is 15.8. The highest BCUT2D eigenvalue weighted by molar-refractivity contribution is 5.95. The molecule has 2 aromatic rings. The van der Waals surface area contributed by atoms with E-state index in [1.165, 1.54) is 0 Å². The lowest BCUT2D eigenvalue weighted by molar-refractivity contribution is 0.0955. The molecular weight excluding hydrogens is 276 g/mol. The van der Waals surface area contributed by atoms with Gasteiger partial charge in [0.1, 0.15) is 5.75 Å². The van der Waals surface area contributed by atoms with Crippen LogP contribution in [0.2, 0.25) is 0 Å². The topological polar surface area (TPSA) is 50.7 Å². The lowest BCUT2D eigenvalue weighted by Gasteiger charge is -2.14. The summed E-state index contributed by atoms with van der Waals surface area (Å²) in [6.07, 6.45) is 2.66.